The number of carbonyl (C=O) groups is 1. The maximum Gasteiger partial charge on any atom is 0.350 e. The first-order chi connectivity index (χ1) is 8.65. The van der Waals surface area contributed by atoms with Crippen LogP contribution in [0.15, 0.2) is 18.5 Å². The molecule has 0 saturated carbocycles. The van der Waals surface area contributed by atoms with Gasteiger partial charge in [0.15, 0.2) is 5.82 Å². The Morgan fingerprint density at radius 3 is 2.72 bits per heavy atom. The number of aromatic nitrogens is 2. The Kier molecular flexibility index (Phi) is 3.57. The van der Waals surface area contributed by atoms with Gasteiger partial charge in [0.1, 0.15) is 4.88 Å². The molecule has 18 heavy (non-hydrogen) atoms. The Labute approximate surface area is 109 Å². The fourth-order valence-electron chi connectivity index (χ4n) is 1.50. The van der Waals surface area contributed by atoms with Crippen LogP contribution in [0, 0.1) is 6.92 Å². The molecule has 94 valence electrons. The summed E-state index contributed by atoms with van der Waals surface area (Å²) < 4.78 is 4.96. The summed E-state index contributed by atoms with van der Waals surface area (Å²) >= 11 is 1.26. The molecule has 0 spiro atoms. The number of rotatable bonds is 3. The monoisotopic (exact) mass is 263 g/mol. The molecule has 2 N–H and O–H groups in total. The highest BCUT2D eigenvalue weighted by atomic mass is 32.1. The van der Waals surface area contributed by atoms with E-state index in [2.05, 4.69) is 9.97 Å². The lowest BCUT2D eigenvalue weighted by Crippen LogP contribution is -2.05. The maximum absolute atomic E-state index is 11.7. The van der Waals surface area contributed by atoms with Crippen LogP contribution in [0.3, 0.4) is 0 Å². The standard InChI is InChI=1S/C12H13N3O2S/c1-3-17-12(16)10-8(13)7(2)9(18-10)11-14-5-4-6-15-11/h4-6H,3,13H2,1-2H3. The van der Waals surface area contributed by atoms with Crippen molar-refractivity contribution >= 4 is 23.0 Å². The first-order valence-electron chi connectivity index (χ1n) is 5.48. The van der Waals surface area contributed by atoms with Gasteiger partial charge in [-0.2, -0.15) is 0 Å². The van der Waals surface area contributed by atoms with Crippen LogP contribution in [0.1, 0.15) is 22.2 Å². The third-order valence-corrected chi connectivity index (χ3v) is 3.71. The molecule has 0 amide bonds. The third-order valence-electron chi connectivity index (χ3n) is 2.42. The highest BCUT2D eigenvalue weighted by Crippen LogP contribution is 2.36. The van der Waals surface area contributed by atoms with Crippen molar-refractivity contribution < 1.29 is 9.53 Å². The minimum Gasteiger partial charge on any atom is -0.462 e. The van der Waals surface area contributed by atoms with Crippen molar-refractivity contribution in [3.8, 4) is 10.7 Å². The van der Waals surface area contributed by atoms with Gasteiger partial charge in [0.05, 0.1) is 17.2 Å². The number of nitrogens with two attached hydrogens (primary N) is 1. The number of thiophene rings is 1. The van der Waals surface area contributed by atoms with Crippen LogP contribution in [0.2, 0.25) is 0 Å². The summed E-state index contributed by atoms with van der Waals surface area (Å²) in [5.41, 5.74) is 7.19. The molecule has 2 heterocycles. The number of hydrogen-bond donors (Lipinski definition) is 1. The summed E-state index contributed by atoms with van der Waals surface area (Å²) in [5.74, 6) is 0.174. The van der Waals surface area contributed by atoms with Crippen LogP contribution in [-0.2, 0) is 4.74 Å². The molecular weight excluding hydrogens is 250 g/mol. The zero-order valence-corrected chi connectivity index (χ0v) is 11.0. The summed E-state index contributed by atoms with van der Waals surface area (Å²) in [5, 5.41) is 0. The zero-order chi connectivity index (χ0) is 13.1. The second-order valence-corrected chi connectivity index (χ2v) is 4.61. The molecule has 0 fully saturated rings. The molecule has 0 saturated heterocycles. The second-order valence-electron chi connectivity index (χ2n) is 3.59. The van der Waals surface area contributed by atoms with Crippen molar-refractivity contribution in [3.05, 3.63) is 28.9 Å². The molecule has 2 aromatic heterocycles. The highest BCUT2D eigenvalue weighted by molar-refractivity contribution is 7.18. The SMILES string of the molecule is CCOC(=O)c1sc(-c2ncccn2)c(C)c1N. The van der Waals surface area contributed by atoms with Crippen LogP contribution < -0.4 is 5.73 Å². The number of hydrogen-bond acceptors (Lipinski definition) is 6. The lowest BCUT2D eigenvalue weighted by atomic mass is 10.2. The Balaban J connectivity index is 2.46. The molecule has 0 aliphatic carbocycles. The molecule has 0 radical (unpaired) electrons. The van der Waals surface area contributed by atoms with E-state index >= 15 is 0 Å². The molecule has 6 heteroatoms. The predicted molar refractivity (Wildman–Crippen MR) is 70.5 cm³/mol. The lowest BCUT2D eigenvalue weighted by molar-refractivity contribution is 0.0533. The van der Waals surface area contributed by atoms with E-state index in [0.717, 1.165) is 10.4 Å². The van der Waals surface area contributed by atoms with E-state index in [-0.39, 0.29) is 0 Å². The van der Waals surface area contributed by atoms with E-state index < -0.39 is 5.97 Å². The Morgan fingerprint density at radius 2 is 2.11 bits per heavy atom. The smallest absolute Gasteiger partial charge is 0.350 e. The quantitative estimate of drug-likeness (QED) is 0.859. The summed E-state index contributed by atoms with van der Waals surface area (Å²) in [4.78, 5) is 21.3. The average molecular weight is 263 g/mol. The number of anilines is 1. The normalized spacial score (nSPS) is 10.3. The van der Waals surface area contributed by atoms with Gasteiger partial charge >= 0.3 is 5.97 Å². The number of ether oxygens (including phenoxy) is 1. The van der Waals surface area contributed by atoms with Crippen molar-refractivity contribution in [1.82, 2.24) is 9.97 Å². The van der Waals surface area contributed by atoms with Gasteiger partial charge in [0.25, 0.3) is 0 Å². The summed E-state index contributed by atoms with van der Waals surface area (Å²) in [6.07, 6.45) is 3.31. The van der Waals surface area contributed by atoms with E-state index in [0.29, 0.717) is 23.0 Å². The number of esters is 1. The molecule has 2 rings (SSSR count). The number of nitrogens with zero attached hydrogens (tertiary/aromatic N) is 2. The molecule has 0 aliphatic rings. The summed E-state index contributed by atoms with van der Waals surface area (Å²) in [6, 6.07) is 1.74. The first kappa shape index (κ1) is 12.5. The van der Waals surface area contributed by atoms with Crippen molar-refractivity contribution in [3.63, 3.8) is 0 Å². The Morgan fingerprint density at radius 1 is 1.44 bits per heavy atom. The molecule has 0 bridgehead atoms. The topological polar surface area (TPSA) is 78.1 Å². The average Bonchev–Trinajstić information content (AvgIpc) is 2.68. The predicted octanol–water partition coefficient (Wildman–Crippen LogP) is 2.27. The molecule has 0 aromatic carbocycles. The second kappa shape index (κ2) is 5.14. The minimum absolute atomic E-state index is 0.326. The van der Waals surface area contributed by atoms with Gasteiger partial charge in [-0.15, -0.1) is 11.3 Å². The van der Waals surface area contributed by atoms with Crippen molar-refractivity contribution in [2.45, 2.75) is 13.8 Å². The first-order valence-corrected chi connectivity index (χ1v) is 6.30. The van der Waals surface area contributed by atoms with Crippen molar-refractivity contribution in [2.75, 3.05) is 12.3 Å². The molecule has 5 nitrogen and oxygen atoms in total. The van der Waals surface area contributed by atoms with Gasteiger partial charge in [-0.25, -0.2) is 14.8 Å². The van der Waals surface area contributed by atoms with Crippen LogP contribution in [0.4, 0.5) is 5.69 Å². The summed E-state index contributed by atoms with van der Waals surface area (Å²) in [6.45, 7) is 3.93. The summed E-state index contributed by atoms with van der Waals surface area (Å²) in [7, 11) is 0. The molecule has 0 atom stereocenters. The van der Waals surface area contributed by atoms with Crippen molar-refractivity contribution in [2.24, 2.45) is 0 Å². The number of nitrogen functional groups attached to an aromatic ring is 1. The van der Waals surface area contributed by atoms with Gasteiger partial charge < -0.3 is 10.5 Å². The fraction of sp³-hybridized carbons (Fsp3) is 0.250. The molecular formula is C12H13N3O2S. The van der Waals surface area contributed by atoms with Gasteiger partial charge in [0, 0.05) is 12.4 Å². The Bertz CT molecular complexity index is 566. The molecule has 2 aromatic rings. The number of carbonyl (C=O) groups excluding carboxylic acids is 1. The van der Waals surface area contributed by atoms with Crippen LogP contribution >= 0.6 is 11.3 Å². The van der Waals surface area contributed by atoms with Gasteiger partial charge in [-0.05, 0) is 25.5 Å². The van der Waals surface area contributed by atoms with Crippen LogP contribution in [0.5, 0.6) is 0 Å². The minimum atomic E-state index is -0.398. The largest absolute Gasteiger partial charge is 0.462 e. The van der Waals surface area contributed by atoms with E-state index in [1.165, 1.54) is 11.3 Å². The molecule has 0 aliphatic heterocycles. The molecule has 0 unspecified atom stereocenters. The van der Waals surface area contributed by atoms with E-state index in [9.17, 15) is 4.79 Å². The van der Waals surface area contributed by atoms with Crippen LogP contribution in [-0.4, -0.2) is 22.5 Å². The van der Waals surface area contributed by atoms with Gasteiger partial charge in [-0.1, -0.05) is 0 Å². The zero-order valence-electron chi connectivity index (χ0n) is 10.1. The lowest BCUT2D eigenvalue weighted by Gasteiger charge is -1.99. The van der Waals surface area contributed by atoms with E-state index in [1.807, 2.05) is 6.92 Å². The Hall–Kier alpha value is -1.95. The fourth-order valence-corrected chi connectivity index (χ4v) is 2.57. The third kappa shape index (κ3) is 2.19. The van der Waals surface area contributed by atoms with E-state index in [1.54, 1.807) is 25.4 Å². The van der Waals surface area contributed by atoms with E-state index in [4.69, 9.17) is 10.5 Å². The van der Waals surface area contributed by atoms with Crippen LogP contribution in [0.25, 0.3) is 10.7 Å². The highest BCUT2D eigenvalue weighted by Gasteiger charge is 2.21. The van der Waals surface area contributed by atoms with Gasteiger partial charge in [-0.3, -0.25) is 0 Å². The maximum atomic E-state index is 11.7. The van der Waals surface area contributed by atoms with Gasteiger partial charge in [0.2, 0.25) is 0 Å². The van der Waals surface area contributed by atoms with Crippen molar-refractivity contribution in [1.29, 1.82) is 0 Å².